The van der Waals surface area contributed by atoms with Crippen LogP contribution >= 0.6 is 11.3 Å². The molecule has 7 rings (SSSR count). The summed E-state index contributed by atoms with van der Waals surface area (Å²) in [7, 11) is 0. The Hall–Kier alpha value is -3.88. The molecule has 0 amide bonds. The molecular weight excluding hydrogens is 406 g/mol. The number of thiophene rings is 1. The second-order valence-electron chi connectivity index (χ2n) is 8.26. The largest absolute Gasteiger partial charge is 0.354 e. The first kappa shape index (κ1) is 17.8. The van der Waals surface area contributed by atoms with Gasteiger partial charge in [0.25, 0.3) is 0 Å². The minimum Gasteiger partial charge on any atom is -0.354 e. The van der Waals surface area contributed by atoms with Crippen LogP contribution in [0.15, 0.2) is 109 Å². The van der Waals surface area contributed by atoms with Gasteiger partial charge in [0.15, 0.2) is 0 Å². The number of benzene rings is 5. The van der Waals surface area contributed by atoms with Gasteiger partial charge >= 0.3 is 0 Å². The molecular formula is C30H19NS. The third-order valence-corrected chi connectivity index (χ3v) is 7.67. The molecule has 0 saturated carbocycles. The molecule has 32 heavy (non-hydrogen) atoms. The molecule has 0 aliphatic rings. The van der Waals surface area contributed by atoms with E-state index >= 15 is 0 Å². The fourth-order valence-electron chi connectivity index (χ4n) is 4.92. The molecule has 0 bridgehead atoms. The minimum atomic E-state index is 1.18. The van der Waals surface area contributed by atoms with E-state index < -0.39 is 0 Å². The van der Waals surface area contributed by atoms with Crippen molar-refractivity contribution >= 4 is 53.3 Å². The normalized spacial score (nSPS) is 11.8. The maximum Gasteiger partial charge on any atom is 0.0544 e. The summed E-state index contributed by atoms with van der Waals surface area (Å²) in [5.74, 6) is 0. The van der Waals surface area contributed by atoms with Crippen LogP contribution in [0.5, 0.6) is 0 Å². The number of rotatable bonds is 2. The number of hydrogen-bond donors (Lipinski definition) is 1. The predicted octanol–water partition coefficient (Wildman–Crippen LogP) is 9.02. The molecule has 1 N–H and O–H groups in total. The summed E-state index contributed by atoms with van der Waals surface area (Å²) >= 11 is 1.88. The number of H-pyrrole nitrogens is 1. The number of fused-ring (bicyclic) bond motifs is 6. The van der Waals surface area contributed by atoms with Gasteiger partial charge in [-0.2, -0.15) is 0 Å². The summed E-state index contributed by atoms with van der Waals surface area (Å²) in [4.78, 5) is 3.63. The highest BCUT2D eigenvalue weighted by atomic mass is 32.1. The zero-order valence-electron chi connectivity index (χ0n) is 17.3. The molecule has 2 aromatic heterocycles. The first-order valence-electron chi connectivity index (χ1n) is 10.9. The zero-order valence-corrected chi connectivity index (χ0v) is 18.1. The van der Waals surface area contributed by atoms with E-state index in [0.29, 0.717) is 0 Å². The van der Waals surface area contributed by atoms with Gasteiger partial charge in [-0.15, -0.1) is 11.3 Å². The Morgan fingerprint density at radius 2 is 1.09 bits per heavy atom. The van der Waals surface area contributed by atoms with Crippen LogP contribution in [-0.2, 0) is 0 Å². The van der Waals surface area contributed by atoms with E-state index in [0.717, 1.165) is 0 Å². The summed E-state index contributed by atoms with van der Waals surface area (Å²) < 4.78 is 2.70. The Morgan fingerprint density at radius 3 is 1.94 bits per heavy atom. The summed E-state index contributed by atoms with van der Waals surface area (Å²) in [5, 5.41) is 5.24. The summed E-state index contributed by atoms with van der Waals surface area (Å²) in [6, 6.07) is 39.5. The van der Waals surface area contributed by atoms with Gasteiger partial charge in [0, 0.05) is 42.0 Å². The van der Waals surface area contributed by atoms with Crippen molar-refractivity contribution in [3.63, 3.8) is 0 Å². The number of para-hydroxylation sites is 2. The van der Waals surface area contributed by atoms with Gasteiger partial charge in [0.1, 0.15) is 0 Å². The topological polar surface area (TPSA) is 15.8 Å². The maximum atomic E-state index is 3.63. The van der Waals surface area contributed by atoms with Crippen molar-refractivity contribution in [1.82, 2.24) is 4.98 Å². The lowest BCUT2D eigenvalue weighted by Crippen LogP contribution is -1.82. The molecule has 0 saturated heterocycles. The quantitative estimate of drug-likeness (QED) is 0.284. The lowest BCUT2D eigenvalue weighted by Gasteiger charge is -2.07. The van der Waals surface area contributed by atoms with E-state index in [9.17, 15) is 0 Å². The first-order chi connectivity index (χ1) is 15.9. The monoisotopic (exact) mass is 425 g/mol. The predicted molar refractivity (Wildman–Crippen MR) is 140 cm³/mol. The molecule has 5 aromatic carbocycles. The summed E-state index contributed by atoms with van der Waals surface area (Å²) in [6.07, 6.45) is 0. The van der Waals surface area contributed by atoms with E-state index in [1.54, 1.807) is 0 Å². The SMILES string of the molecule is c1ccc2c(c1)[nH]c1c(-c3ccc(-c4cccc5c4sc4ccccc45)cc3)cccc12. The fraction of sp³-hybridized carbons (Fsp3) is 0. The van der Waals surface area contributed by atoms with Crippen molar-refractivity contribution in [3.05, 3.63) is 109 Å². The van der Waals surface area contributed by atoms with Gasteiger partial charge < -0.3 is 4.98 Å². The first-order valence-corrected chi connectivity index (χ1v) is 11.7. The highest BCUT2D eigenvalue weighted by Gasteiger charge is 2.12. The number of hydrogen-bond acceptors (Lipinski definition) is 1. The summed E-state index contributed by atoms with van der Waals surface area (Å²) in [6.45, 7) is 0. The van der Waals surface area contributed by atoms with Gasteiger partial charge in [-0.3, -0.25) is 0 Å². The average molecular weight is 426 g/mol. The number of nitrogens with one attached hydrogen (secondary N) is 1. The molecule has 2 heteroatoms. The standard InChI is InChI=1S/C30H19NS/c1-3-13-27-23(7-1)25-11-5-9-21(29(25)31-27)19-15-17-20(18-16-19)22-10-6-12-26-24-8-2-4-14-28(24)32-30(22)26/h1-18,31H. The van der Waals surface area contributed by atoms with Crippen molar-refractivity contribution in [2.24, 2.45) is 0 Å². The van der Waals surface area contributed by atoms with E-state index in [1.165, 1.54) is 64.2 Å². The molecule has 0 atom stereocenters. The van der Waals surface area contributed by atoms with Gasteiger partial charge in [0.05, 0.1) is 5.52 Å². The Kier molecular flexibility index (Phi) is 3.78. The number of aromatic nitrogens is 1. The lowest BCUT2D eigenvalue weighted by molar-refractivity contribution is 1.53. The van der Waals surface area contributed by atoms with Gasteiger partial charge in [-0.25, -0.2) is 0 Å². The van der Waals surface area contributed by atoms with Crippen molar-refractivity contribution in [2.75, 3.05) is 0 Å². The fourth-order valence-corrected chi connectivity index (χ4v) is 6.16. The second kappa shape index (κ2) is 6.81. The second-order valence-corrected chi connectivity index (χ2v) is 9.31. The van der Waals surface area contributed by atoms with Crippen LogP contribution in [-0.4, -0.2) is 4.98 Å². The van der Waals surface area contributed by atoms with Crippen LogP contribution in [0.3, 0.4) is 0 Å². The van der Waals surface area contributed by atoms with E-state index in [2.05, 4.69) is 114 Å². The Labute approximate surface area is 189 Å². The molecule has 7 aromatic rings. The van der Waals surface area contributed by atoms with Crippen molar-refractivity contribution < 1.29 is 0 Å². The van der Waals surface area contributed by atoms with Crippen LogP contribution in [0.4, 0.5) is 0 Å². The number of aromatic amines is 1. The lowest BCUT2D eigenvalue weighted by atomic mass is 9.98. The molecule has 1 nitrogen and oxygen atoms in total. The molecule has 150 valence electrons. The average Bonchev–Trinajstić information content (AvgIpc) is 3.42. The third kappa shape index (κ3) is 2.57. The van der Waals surface area contributed by atoms with Crippen LogP contribution in [0.25, 0.3) is 64.2 Å². The van der Waals surface area contributed by atoms with Crippen LogP contribution < -0.4 is 0 Å². The minimum absolute atomic E-state index is 1.18. The van der Waals surface area contributed by atoms with E-state index in [1.807, 2.05) is 11.3 Å². The maximum absolute atomic E-state index is 3.63. The van der Waals surface area contributed by atoms with Crippen LogP contribution in [0.1, 0.15) is 0 Å². The summed E-state index contributed by atoms with van der Waals surface area (Å²) in [5.41, 5.74) is 7.42. The highest BCUT2D eigenvalue weighted by Crippen LogP contribution is 2.40. The molecule has 2 heterocycles. The van der Waals surface area contributed by atoms with Gasteiger partial charge in [-0.05, 0) is 28.8 Å². The van der Waals surface area contributed by atoms with Gasteiger partial charge in [-0.1, -0.05) is 97.1 Å². The molecule has 0 aliphatic carbocycles. The van der Waals surface area contributed by atoms with E-state index in [4.69, 9.17) is 0 Å². The molecule has 0 spiro atoms. The van der Waals surface area contributed by atoms with E-state index in [-0.39, 0.29) is 0 Å². The van der Waals surface area contributed by atoms with Crippen molar-refractivity contribution in [3.8, 4) is 22.3 Å². The third-order valence-electron chi connectivity index (χ3n) is 6.45. The zero-order chi connectivity index (χ0) is 21.1. The Balaban J connectivity index is 1.38. The van der Waals surface area contributed by atoms with Crippen molar-refractivity contribution in [1.29, 1.82) is 0 Å². The Morgan fingerprint density at radius 1 is 0.469 bits per heavy atom. The van der Waals surface area contributed by atoms with Crippen molar-refractivity contribution in [2.45, 2.75) is 0 Å². The smallest absolute Gasteiger partial charge is 0.0544 e. The highest BCUT2D eigenvalue weighted by molar-refractivity contribution is 7.26. The Bertz CT molecular complexity index is 1630. The molecule has 0 aliphatic heterocycles. The van der Waals surface area contributed by atoms with Crippen LogP contribution in [0.2, 0.25) is 0 Å². The van der Waals surface area contributed by atoms with Gasteiger partial charge in [0.2, 0.25) is 0 Å². The van der Waals surface area contributed by atoms with Crippen LogP contribution in [0, 0.1) is 0 Å². The molecule has 0 radical (unpaired) electrons. The molecule has 0 unspecified atom stereocenters. The molecule has 0 fully saturated rings.